The number of pyridine rings is 4. The molecular formula is C67H61LiN16O16. The van der Waals surface area contributed by atoms with Gasteiger partial charge in [-0.25, -0.2) is 80.2 Å². The van der Waals surface area contributed by atoms with Crippen molar-refractivity contribution in [2.75, 3.05) is 84.5 Å². The predicted molar refractivity (Wildman–Crippen MR) is 359 cm³/mol. The first-order valence-corrected chi connectivity index (χ1v) is 28.2. The molecule has 0 unspecified atom stereocenters. The van der Waals surface area contributed by atoms with Gasteiger partial charge in [-0.3, -0.25) is 13.9 Å². The molecule has 0 saturated heterocycles. The number of anilines is 6. The number of carboxylic acids is 2. The third-order valence-corrected chi connectivity index (χ3v) is 13.0. The van der Waals surface area contributed by atoms with Crippen molar-refractivity contribution in [3.05, 3.63) is 226 Å². The molecule has 0 fully saturated rings. The number of carbonyl (C=O) groups excluding carboxylic acids is 4. The van der Waals surface area contributed by atoms with Crippen LogP contribution < -0.4 is 59.5 Å². The summed E-state index contributed by atoms with van der Waals surface area (Å²) in [6, 6.07) is 35.1. The Labute approximate surface area is 583 Å². The van der Waals surface area contributed by atoms with Crippen molar-refractivity contribution in [2.24, 2.45) is 0 Å². The Kier molecular flexibility index (Phi) is 31.0. The van der Waals surface area contributed by atoms with Crippen molar-refractivity contribution in [3.63, 3.8) is 0 Å². The fraction of sp³-hybridized carbons (Fsp3) is 0.164. The molecule has 0 saturated carbocycles. The minimum atomic E-state index is -1.06. The summed E-state index contributed by atoms with van der Waals surface area (Å²) in [5.74, 6) is 0.615. The fourth-order valence-corrected chi connectivity index (χ4v) is 8.38. The summed E-state index contributed by atoms with van der Waals surface area (Å²) in [5, 5.41) is 25.4. The number of rotatable bonds is 19. The monoisotopic (exact) mass is 1350 g/mol. The molecule has 32 nitrogen and oxygen atoms in total. The number of fused-ring (bicyclic) bond motifs is 2. The second kappa shape index (κ2) is 39.3. The van der Waals surface area contributed by atoms with Crippen LogP contribution in [0, 0.1) is 26.3 Å². The van der Waals surface area contributed by atoms with Crippen molar-refractivity contribution in [1.29, 1.82) is 0 Å². The van der Waals surface area contributed by atoms with Crippen LogP contribution in [0.3, 0.4) is 0 Å². The van der Waals surface area contributed by atoms with Crippen LogP contribution >= 0.6 is 0 Å². The Morgan fingerprint density at radius 3 is 1.20 bits per heavy atom. The normalized spacial score (nSPS) is 9.67. The maximum absolute atomic E-state index is 11.7. The number of nitrogens with one attached hydrogen (secondary N) is 3. The van der Waals surface area contributed by atoms with E-state index in [1.165, 1.54) is 64.3 Å². The molecule has 6 heterocycles. The minimum Gasteiger partial charge on any atom is -0.870 e. The molecule has 10 rings (SSSR count). The van der Waals surface area contributed by atoms with E-state index in [0.717, 1.165) is 28.6 Å². The number of aromatic nitrogens is 8. The van der Waals surface area contributed by atoms with Gasteiger partial charge >= 0.3 is 61.2 Å². The number of aromatic carboxylic acids is 1. The van der Waals surface area contributed by atoms with E-state index in [2.05, 4.69) is 74.7 Å². The number of nitrogen functional groups attached to an aromatic ring is 1. The first-order valence-electron chi connectivity index (χ1n) is 28.2. The maximum atomic E-state index is 11.7. The number of carboxylic acid groups (broad SMARTS) is 2. The number of carbonyl (C=O) groups is 6. The van der Waals surface area contributed by atoms with Crippen molar-refractivity contribution in [2.45, 2.75) is 13.1 Å². The molecule has 0 spiro atoms. The van der Waals surface area contributed by atoms with E-state index < -0.39 is 42.3 Å². The number of ether oxygens (including phenoxy) is 7. The molecule has 6 aromatic heterocycles. The van der Waals surface area contributed by atoms with Crippen LogP contribution in [0.4, 0.5) is 34.4 Å². The number of imidazole rings is 2. The Hall–Kier alpha value is -13.6. The number of nitrogens with two attached hydrogens (primary N) is 1. The number of esters is 3. The summed E-state index contributed by atoms with van der Waals surface area (Å²) in [7, 11) is 10.2. The van der Waals surface area contributed by atoms with Crippen LogP contribution in [0.25, 0.3) is 53.1 Å². The average Bonchev–Trinajstić information content (AvgIpc) is 1.63. The zero-order valence-electron chi connectivity index (χ0n) is 54.8. The van der Waals surface area contributed by atoms with Gasteiger partial charge in [0.1, 0.15) is 34.0 Å². The molecule has 10 aromatic rings. The van der Waals surface area contributed by atoms with E-state index in [9.17, 15) is 28.8 Å². The van der Waals surface area contributed by atoms with Crippen LogP contribution in [0.5, 0.6) is 23.0 Å². The number of aliphatic carboxylic acids is 1. The summed E-state index contributed by atoms with van der Waals surface area (Å²) >= 11 is 0. The van der Waals surface area contributed by atoms with Gasteiger partial charge in [-0.2, -0.15) is 0 Å². The molecule has 8 N–H and O–H groups in total. The molecule has 0 bridgehead atoms. The van der Waals surface area contributed by atoms with Gasteiger partial charge in [0.2, 0.25) is 0 Å². The van der Waals surface area contributed by atoms with E-state index in [1.807, 2.05) is 60.7 Å². The summed E-state index contributed by atoms with van der Waals surface area (Å²) in [6.07, 6.45) is 5.47. The molecular weight excluding hydrogens is 1290 g/mol. The topological polar surface area (TPSA) is 404 Å². The van der Waals surface area contributed by atoms with Crippen LogP contribution in [0.1, 0.15) is 53.1 Å². The van der Waals surface area contributed by atoms with Gasteiger partial charge in [0.15, 0.2) is 34.6 Å². The first kappa shape index (κ1) is 78.8. The molecule has 0 radical (unpaired) electrons. The smallest absolute Gasteiger partial charge is 0.870 e. The Morgan fingerprint density at radius 2 is 0.840 bits per heavy atom. The van der Waals surface area contributed by atoms with Crippen molar-refractivity contribution in [1.82, 2.24) is 39.0 Å². The summed E-state index contributed by atoms with van der Waals surface area (Å²) in [6.45, 7) is 26.4. The zero-order valence-corrected chi connectivity index (χ0v) is 54.8. The van der Waals surface area contributed by atoms with Crippen LogP contribution in [0.15, 0.2) is 146 Å². The maximum Gasteiger partial charge on any atom is 1.00 e. The molecule has 4 aromatic carbocycles. The van der Waals surface area contributed by atoms with Crippen molar-refractivity contribution < 1.29 is 96.5 Å². The van der Waals surface area contributed by atoms with E-state index in [4.69, 9.17) is 65.9 Å². The van der Waals surface area contributed by atoms with Crippen molar-refractivity contribution in [3.8, 4) is 34.4 Å². The molecule has 0 atom stereocenters. The number of hydrogen-bond acceptors (Lipinski definition) is 23. The Morgan fingerprint density at radius 1 is 0.480 bits per heavy atom. The average molecular weight is 1350 g/mol. The van der Waals surface area contributed by atoms with Crippen LogP contribution in [-0.4, -0.2) is 153 Å². The number of hydrogen-bond donors (Lipinski definition) is 6. The van der Waals surface area contributed by atoms with Crippen LogP contribution in [-0.2, 0) is 36.9 Å². The van der Waals surface area contributed by atoms with Gasteiger partial charge in [0.05, 0.1) is 83.4 Å². The number of nitrogens with zero attached hydrogens (tertiary/aromatic N) is 12. The third-order valence-electron chi connectivity index (χ3n) is 13.0. The summed E-state index contributed by atoms with van der Waals surface area (Å²) in [4.78, 5) is 105. The van der Waals surface area contributed by atoms with Crippen LogP contribution in [0.2, 0.25) is 0 Å². The van der Waals surface area contributed by atoms with Gasteiger partial charge < -0.3 is 89.9 Å². The Bertz CT molecular complexity index is 4660. The Balaban J connectivity index is 0.000000274. The predicted octanol–water partition coefficient (Wildman–Crippen LogP) is 6.68. The number of amides is 1. The quantitative estimate of drug-likeness (QED) is 0.0213. The second-order valence-corrected chi connectivity index (χ2v) is 19.2. The van der Waals surface area contributed by atoms with Gasteiger partial charge in [-0.1, -0.05) is 0 Å². The molecule has 33 heteroatoms. The summed E-state index contributed by atoms with van der Waals surface area (Å²) in [5.41, 5.74) is 12.6. The second-order valence-electron chi connectivity index (χ2n) is 19.2. The largest absolute Gasteiger partial charge is 1.00 e. The van der Waals surface area contributed by atoms with Crippen molar-refractivity contribution >= 4 is 92.5 Å². The molecule has 0 aliphatic rings. The van der Waals surface area contributed by atoms with Gasteiger partial charge in [0.25, 0.3) is 19.6 Å². The third kappa shape index (κ3) is 21.7. The first-order chi connectivity index (χ1) is 47.3. The van der Waals surface area contributed by atoms with Gasteiger partial charge in [-0.15, -0.1) is 0 Å². The molecule has 506 valence electrons. The summed E-state index contributed by atoms with van der Waals surface area (Å²) < 4.78 is 38.0. The van der Waals surface area contributed by atoms with E-state index >= 15 is 0 Å². The number of methoxy groups -OCH3 is 7. The molecule has 0 aliphatic heterocycles. The van der Waals surface area contributed by atoms with E-state index in [0.29, 0.717) is 79.6 Å². The minimum absolute atomic E-state index is 0. The molecule has 100 heavy (non-hydrogen) atoms. The van der Waals surface area contributed by atoms with Gasteiger partial charge in [-0.05, 0) is 121 Å². The molecule has 1 amide bonds. The molecule has 0 aliphatic carbocycles. The fourth-order valence-electron chi connectivity index (χ4n) is 8.38. The van der Waals surface area contributed by atoms with E-state index in [-0.39, 0.29) is 60.8 Å². The van der Waals surface area contributed by atoms with E-state index in [1.54, 1.807) is 80.0 Å². The van der Waals surface area contributed by atoms with Gasteiger partial charge in [0, 0.05) is 47.5 Å². The standard InChI is InChI=1S/C17H16N4O4.C17H14N4O3.C16H12N4O3.C14H15N3O3.C3H3NO2.Li.H2O/c1-18-10-15(22)21-14-8-11(17(23)25-3)9-19-16(14)20-12-4-6-13(24-2)7-5-12;1-18-10-15-20-14-8-11(17(22)24-3)9-19-16(14)21(15)12-4-6-13(23-2)7-5-12;1-17-9-14-19-13-7-10(16(21)22)8-18-15(13)20(14)11-3-5-12(23-2)6-4-11;1-19-11-5-3-10(4-6-11)17-13-12(15)7-9(8-16-13)14(18)20-2;1-4-2-3(5)6;;/h4-9H,10H2,2-3H3,(H,19,20)(H,21,22);4-9H,10H2,2-3H3;3-8H,9H2,2H3,(H,21,22);3-8H,15H2,1-2H3,(H,16,17);2H2,(H,5,6);;1H2/q;;;;;+1;/p-1. The number of benzene rings is 4. The zero-order chi connectivity index (χ0) is 71.3. The SMILES string of the molecule is COC(=O)c1cnc(Nc2ccc(OC)cc2)c(N)c1.[C-]#[N+]CC(=O)Nc1cc(C(=O)OC)cnc1Nc1ccc(OC)cc1.[C-]#[N+]CC(=O)O.[C-]#[N+]Cc1nc2cc(C(=O)O)cnc2n1-c1ccc(OC)cc1.[C-]#[N+]Cc1nc2cc(C(=O)OC)cnc2n1-c1ccc(OC)cc1.[Li+].[OH-].